The summed E-state index contributed by atoms with van der Waals surface area (Å²) in [6, 6.07) is 6.85. The molecule has 0 aromatic heterocycles. The van der Waals surface area contributed by atoms with Crippen molar-refractivity contribution in [3.05, 3.63) is 41.5 Å². The van der Waals surface area contributed by atoms with Crippen molar-refractivity contribution in [2.45, 2.75) is 12.5 Å². The molecule has 5 heteroatoms. The van der Waals surface area contributed by atoms with E-state index in [2.05, 4.69) is 4.74 Å². The summed E-state index contributed by atoms with van der Waals surface area (Å²) < 4.78 is 4.58. The van der Waals surface area contributed by atoms with Gasteiger partial charge in [-0.15, -0.1) is 0 Å². The molecule has 0 unspecified atom stereocenters. The fourth-order valence-corrected chi connectivity index (χ4v) is 1.57. The maximum atomic E-state index is 11.4. The van der Waals surface area contributed by atoms with E-state index >= 15 is 0 Å². The molecule has 0 saturated heterocycles. The van der Waals surface area contributed by atoms with Crippen molar-refractivity contribution in [3.63, 3.8) is 0 Å². The molecule has 0 saturated carbocycles. The summed E-state index contributed by atoms with van der Waals surface area (Å²) in [5.41, 5.74) is 7.55. The predicted molar refractivity (Wildman–Crippen MR) is 77.9 cm³/mol. The average Bonchev–Trinajstić information content (AvgIpc) is 2.45. The van der Waals surface area contributed by atoms with Gasteiger partial charge in [0.15, 0.2) is 0 Å². The zero-order valence-corrected chi connectivity index (χ0v) is 12.0. The normalized spacial score (nSPS) is 12.2. The van der Waals surface area contributed by atoms with E-state index in [0.717, 1.165) is 11.1 Å². The molecule has 0 heterocycles. The average molecular weight is 276 g/mol. The number of rotatable bonds is 5. The molecule has 2 N–H and O–H groups in total. The van der Waals surface area contributed by atoms with Gasteiger partial charge in [-0.25, -0.2) is 0 Å². The van der Waals surface area contributed by atoms with Gasteiger partial charge in [-0.2, -0.15) is 0 Å². The highest BCUT2D eigenvalue weighted by molar-refractivity contribution is 5.91. The highest BCUT2D eigenvalue weighted by Crippen LogP contribution is 2.08. The molecule has 5 nitrogen and oxygen atoms in total. The van der Waals surface area contributed by atoms with E-state index in [-0.39, 0.29) is 5.91 Å². The Morgan fingerprint density at radius 1 is 1.30 bits per heavy atom. The Morgan fingerprint density at radius 2 is 1.90 bits per heavy atom. The van der Waals surface area contributed by atoms with Crippen molar-refractivity contribution in [2.24, 2.45) is 5.73 Å². The number of carbonyl (C=O) groups excluding carboxylic acids is 2. The zero-order chi connectivity index (χ0) is 15.1. The van der Waals surface area contributed by atoms with Gasteiger partial charge in [0.05, 0.1) is 7.11 Å². The van der Waals surface area contributed by atoms with E-state index in [4.69, 9.17) is 5.73 Å². The van der Waals surface area contributed by atoms with Crippen LogP contribution in [0.1, 0.15) is 11.1 Å². The van der Waals surface area contributed by atoms with Crippen molar-refractivity contribution in [1.29, 1.82) is 0 Å². The maximum absolute atomic E-state index is 11.4. The van der Waals surface area contributed by atoms with Crippen LogP contribution >= 0.6 is 0 Å². The van der Waals surface area contributed by atoms with Gasteiger partial charge in [0, 0.05) is 20.2 Å². The summed E-state index contributed by atoms with van der Waals surface area (Å²) in [4.78, 5) is 24.1. The highest BCUT2D eigenvalue weighted by Gasteiger charge is 2.13. The largest absolute Gasteiger partial charge is 0.468 e. The highest BCUT2D eigenvalue weighted by atomic mass is 16.5. The van der Waals surface area contributed by atoms with Crippen LogP contribution < -0.4 is 5.73 Å². The van der Waals surface area contributed by atoms with Crippen LogP contribution in [0, 0.1) is 0 Å². The van der Waals surface area contributed by atoms with Gasteiger partial charge in [0.25, 0.3) is 0 Å². The number of esters is 1. The fraction of sp³-hybridized carbons (Fsp3) is 0.333. The third kappa shape index (κ3) is 4.85. The third-order valence-corrected chi connectivity index (χ3v) is 2.80. The maximum Gasteiger partial charge on any atom is 0.322 e. The summed E-state index contributed by atoms with van der Waals surface area (Å²) in [6.07, 6.45) is 3.68. The number of amides is 1. The molecule has 20 heavy (non-hydrogen) atoms. The standard InChI is InChI=1S/C15H20N2O3/c1-17(2)14(18)9-8-11-4-6-12(7-5-11)10-13(16)15(19)20-3/h4-9,13H,10,16H2,1-3H3/t13-/m0/s1. The van der Waals surface area contributed by atoms with E-state index < -0.39 is 12.0 Å². The van der Waals surface area contributed by atoms with Crippen molar-refractivity contribution in [2.75, 3.05) is 21.2 Å². The van der Waals surface area contributed by atoms with Gasteiger partial charge in [-0.3, -0.25) is 9.59 Å². The Bertz CT molecular complexity index is 492. The lowest BCUT2D eigenvalue weighted by molar-refractivity contribution is -0.142. The van der Waals surface area contributed by atoms with Gasteiger partial charge in [-0.05, 0) is 23.6 Å². The second kappa shape index (κ2) is 7.45. The van der Waals surface area contributed by atoms with Crippen LogP contribution in [0.5, 0.6) is 0 Å². The Kier molecular flexibility index (Phi) is 5.93. The number of benzene rings is 1. The molecule has 1 rings (SSSR count). The topological polar surface area (TPSA) is 72.6 Å². The van der Waals surface area contributed by atoms with Crippen LogP contribution in [-0.2, 0) is 20.7 Å². The lowest BCUT2D eigenvalue weighted by Crippen LogP contribution is -2.33. The van der Waals surface area contributed by atoms with Crippen molar-refractivity contribution in [3.8, 4) is 0 Å². The van der Waals surface area contributed by atoms with Crippen LogP contribution in [0.2, 0.25) is 0 Å². The molecule has 0 spiro atoms. The Balaban J connectivity index is 2.65. The van der Waals surface area contributed by atoms with Crippen molar-refractivity contribution >= 4 is 18.0 Å². The van der Waals surface area contributed by atoms with Crippen molar-refractivity contribution < 1.29 is 14.3 Å². The molecule has 1 atom stereocenters. The smallest absolute Gasteiger partial charge is 0.322 e. The second-order valence-electron chi connectivity index (χ2n) is 4.64. The number of methoxy groups -OCH3 is 1. The quantitative estimate of drug-likeness (QED) is 0.638. The first-order valence-corrected chi connectivity index (χ1v) is 6.25. The molecule has 1 aromatic rings. The van der Waals surface area contributed by atoms with Crippen LogP contribution in [0.4, 0.5) is 0 Å². The van der Waals surface area contributed by atoms with Crippen LogP contribution in [-0.4, -0.2) is 44.0 Å². The molecular weight excluding hydrogens is 256 g/mol. The number of ether oxygens (including phenoxy) is 1. The zero-order valence-electron chi connectivity index (χ0n) is 12.0. The Hall–Kier alpha value is -2.14. The summed E-state index contributed by atoms with van der Waals surface area (Å²) in [6.45, 7) is 0. The van der Waals surface area contributed by atoms with Gasteiger partial charge in [0.1, 0.15) is 6.04 Å². The van der Waals surface area contributed by atoms with Gasteiger partial charge in [0.2, 0.25) is 5.91 Å². The minimum absolute atomic E-state index is 0.0678. The summed E-state index contributed by atoms with van der Waals surface area (Å²) in [5, 5.41) is 0. The van der Waals surface area contributed by atoms with E-state index in [1.165, 1.54) is 18.1 Å². The molecule has 0 fully saturated rings. The fourth-order valence-electron chi connectivity index (χ4n) is 1.57. The predicted octanol–water partition coefficient (Wildman–Crippen LogP) is 0.831. The first-order chi connectivity index (χ1) is 9.43. The lowest BCUT2D eigenvalue weighted by atomic mass is 10.0. The summed E-state index contributed by atoms with van der Waals surface area (Å²) in [5.74, 6) is -0.493. The van der Waals surface area contributed by atoms with Crippen LogP contribution in [0.25, 0.3) is 6.08 Å². The number of hydrogen-bond donors (Lipinski definition) is 1. The van der Waals surface area contributed by atoms with E-state index in [9.17, 15) is 9.59 Å². The molecule has 0 radical (unpaired) electrons. The molecule has 1 aromatic carbocycles. The van der Waals surface area contributed by atoms with E-state index in [1.54, 1.807) is 20.2 Å². The molecule has 108 valence electrons. The second-order valence-corrected chi connectivity index (χ2v) is 4.64. The molecule has 0 bridgehead atoms. The molecule has 0 aliphatic rings. The molecule has 1 amide bonds. The van der Waals surface area contributed by atoms with Crippen LogP contribution in [0.3, 0.4) is 0 Å². The Labute approximate surface area is 119 Å². The first kappa shape index (κ1) is 15.9. The van der Waals surface area contributed by atoms with Crippen molar-refractivity contribution in [1.82, 2.24) is 4.90 Å². The van der Waals surface area contributed by atoms with Crippen LogP contribution in [0.15, 0.2) is 30.3 Å². The monoisotopic (exact) mass is 276 g/mol. The number of hydrogen-bond acceptors (Lipinski definition) is 4. The first-order valence-electron chi connectivity index (χ1n) is 6.25. The molecular formula is C15H20N2O3. The van der Waals surface area contributed by atoms with Gasteiger partial charge >= 0.3 is 5.97 Å². The third-order valence-electron chi connectivity index (χ3n) is 2.80. The molecule has 0 aliphatic heterocycles. The minimum atomic E-state index is -0.656. The summed E-state index contributed by atoms with van der Waals surface area (Å²) in [7, 11) is 4.71. The Morgan fingerprint density at radius 3 is 2.40 bits per heavy atom. The van der Waals surface area contributed by atoms with E-state index in [0.29, 0.717) is 6.42 Å². The van der Waals surface area contributed by atoms with E-state index in [1.807, 2.05) is 24.3 Å². The number of carbonyl (C=O) groups is 2. The number of nitrogens with two attached hydrogens (primary N) is 1. The van der Waals surface area contributed by atoms with Gasteiger partial charge < -0.3 is 15.4 Å². The van der Waals surface area contributed by atoms with Gasteiger partial charge in [-0.1, -0.05) is 24.3 Å². The number of likely N-dealkylation sites (N-methyl/N-ethyl adjacent to an activating group) is 1. The minimum Gasteiger partial charge on any atom is -0.468 e. The molecule has 0 aliphatic carbocycles. The lowest BCUT2D eigenvalue weighted by Gasteiger charge is -2.09. The number of nitrogens with zero attached hydrogens (tertiary/aromatic N) is 1. The SMILES string of the molecule is COC(=O)[C@@H](N)Cc1ccc(C=CC(=O)N(C)C)cc1. The summed E-state index contributed by atoms with van der Waals surface area (Å²) >= 11 is 0.